The van der Waals surface area contributed by atoms with Crippen LogP contribution in [0.2, 0.25) is 0 Å². The number of benzene rings is 2. The smallest absolute Gasteiger partial charge is 0.456 e. The van der Waals surface area contributed by atoms with Crippen molar-refractivity contribution >= 4 is 17.8 Å². The van der Waals surface area contributed by atoms with Crippen LogP contribution in [0.4, 0.5) is 10.5 Å². The van der Waals surface area contributed by atoms with Gasteiger partial charge in [0.2, 0.25) is 0 Å². The second kappa shape index (κ2) is 6.24. The molecule has 144 valence electrons. The number of carbonyl (C=O) groups excluding carboxylic acids is 2. The number of nitrogen functional groups attached to an aromatic ring is 1. The monoisotopic (exact) mass is 381 g/mol. The van der Waals surface area contributed by atoms with Crippen LogP contribution >= 0.6 is 0 Å². The quantitative estimate of drug-likeness (QED) is 0.642. The summed E-state index contributed by atoms with van der Waals surface area (Å²) < 4.78 is 21.7. The van der Waals surface area contributed by atoms with Gasteiger partial charge >= 0.3 is 12.1 Å². The van der Waals surface area contributed by atoms with Gasteiger partial charge < -0.3 is 24.7 Å². The topological polar surface area (TPSA) is 97.1 Å². The van der Waals surface area contributed by atoms with Crippen LogP contribution in [0.25, 0.3) is 11.1 Å². The summed E-state index contributed by atoms with van der Waals surface area (Å²) in [6.45, 7) is 0.249. The Kier molecular flexibility index (Phi) is 3.80. The lowest BCUT2D eigenvalue weighted by Crippen LogP contribution is -2.48. The van der Waals surface area contributed by atoms with Crippen LogP contribution in [-0.4, -0.2) is 36.0 Å². The molecule has 5 rings (SSSR count). The van der Waals surface area contributed by atoms with Crippen molar-refractivity contribution < 1.29 is 28.5 Å². The largest absolute Gasteiger partial charge is 0.509 e. The molecule has 28 heavy (non-hydrogen) atoms. The van der Waals surface area contributed by atoms with Crippen molar-refractivity contribution in [2.45, 2.75) is 43.4 Å². The van der Waals surface area contributed by atoms with Gasteiger partial charge in [-0.2, -0.15) is 0 Å². The van der Waals surface area contributed by atoms with E-state index in [9.17, 15) is 9.59 Å². The molecule has 7 heteroatoms. The number of carbonyl (C=O) groups is 2. The molecule has 0 unspecified atom stereocenters. The highest BCUT2D eigenvalue weighted by Gasteiger charge is 2.63. The van der Waals surface area contributed by atoms with Crippen LogP contribution in [0.1, 0.15) is 18.4 Å². The molecule has 0 spiro atoms. The molecule has 3 fully saturated rings. The van der Waals surface area contributed by atoms with E-state index in [1.54, 1.807) is 0 Å². The molecule has 2 heterocycles. The third kappa shape index (κ3) is 2.70. The first kappa shape index (κ1) is 17.1. The zero-order chi connectivity index (χ0) is 19.3. The molecule has 2 bridgehead atoms. The highest BCUT2D eigenvalue weighted by Crippen LogP contribution is 2.45. The maximum atomic E-state index is 12.4. The van der Waals surface area contributed by atoms with Gasteiger partial charge in [-0.25, -0.2) is 9.59 Å². The molecule has 2 N–H and O–H groups in total. The summed E-state index contributed by atoms with van der Waals surface area (Å²) in [7, 11) is 0. The van der Waals surface area contributed by atoms with Crippen molar-refractivity contribution in [3.63, 3.8) is 0 Å². The third-order valence-corrected chi connectivity index (χ3v) is 5.65. The van der Waals surface area contributed by atoms with Crippen LogP contribution in [-0.2, 0) is 30.3 Å². The zero-order valence-corrected chi connectivity index (χ0v) is 15.0. The van der Waals surface area contributed by atoms with E-state index in [1.165, 1.54) is 0 Å². The second-order valence-corrected chi connectivity index (χ2v) is 7.41. The summed E-state index contributed by atoms with van der Waals surface area (Å²) in [6, 6.07) is 15.5. The van der Waals surface area contributed by atoms with Gasteiger partial charge in [0.05, 0.1) is 6.61 Å². The van der Waals surface area contributed by atoms with Crippen LogP contribution in [0.5, 0.6) is 0 Å². The summed E-state index contributed by atoms with van der Waals surface area (Å²) in [5.41, 5.74) is 8.56. The highest BCUT2D eigenvalue weighted by atomic mass is 16.8. The van der Waals surface area contributed by atoms with E-state index in [4.69, 9.17) is 24.7 Å². The fourth-order valence-corrected chi connectivity index (χ4v) is 4.19. The van der Waals surface area contributed by atoms with E-state index in [2.05, 4.69) is 0 Å². The predicted molar refractivity (Wildman–Crippen MR) is 98.1 cm³/mol. The molecule has 0 aromatic heterocycles. The average molecular weight is 381 g/mol. The molecular formula is C21H19NO6. The molecule has 7 nitrogen and oxygen atoms in total. The van der Waals surface area contributed by atoms with Gasteiger partial charge in [0.15, 0.2) is 11.7 Å². The van der Waals surface area contributed by atoms with Crippen molar-refractivity contribution in [3.05, 3.63) is 54.1 Å². The van der Waals surface area contributed by atoms with E-state index in [0.29, 0.717) is 6.42 Å². The van der Waals surface area contributed by atoms with Crippen LogP contribution < -0.4 is 5.73 Å². The Morgan fingerprint density at radius 3 is 2.43 bits per heavy atom. The molecule has 1 saturated carbocycles. The summed E-state index contributed by atoms with van der Waals surface area (Å²) in [5, 5.41) is 0. The third-order valence-electron chi connectivity index (χ3n) is 5.65. The maximum Gasteiger partial charge on any atom is 0.509 e. The van der Waals surface area contributed by atoms with E-state index in [1.807, 2.05) is 48.5 Å². The lowest BCUT2D eigenvalue weighted by Gasteiger charge is -2.32. The Hall–Kier alpha value is -3.06. The molecule has 1 aliphatic carbocycles. The number of rotatable bonds is 4. The minimum absolute atomic E-state index is 0.247. The van der Waals surface area contributed by atoms with Gasteiger partial charge in [0.25, 0.3) is 0 Å². The normalized spacial score (nSPS) is 30.4. The number of anilines is 1. The molecule has 2 saturated heterocycles. The van der Waals surface area contributed by atoms with E-state index < -0.39 is 36.0 Å². The van der Waals surface area contributed by atoms with Gasteiger partial charge in [-0.15, -0.1) is 0 Å². The Labute approximate surface area is 161 Å². The Morgan fingerprint density at radius 2 is 1.68 bits per heavy atom. The van der Waals surface area contributed by atoms with Gasteiger partial charge in [-0.05, 0) is 17.2 Å². The number of hydrogen-bond donors (Lipinski definition) is 1. The maximum absolute atomic E-state index is 12.4. The number of para-hydroxylation sites is 1. The number of hydrogen-bond acceptors (Lipinski definition) is 7. The first-order valence-corrected chi connectivity index (χ1v) is 9.20. The molecule has 2 aromatic carbocycles. The molecule has 0 radical (unpaired) electrons. The van der Waals surface area contributed by atoms with Crippen LogP contribution in [0.3, 0.4) is 0 Å². The summed E-state index contributed by atoms with van der Waals surface area (Å²) in [6.07, 6.45) is -1.67. The number of ether oxygens (including phenoxy) is 4. The average Bonchev–Trinajstić information content (AvgIpc) is 3.19. The Balaban J connectivity index is 1.30. The molecular weight excluding hydrogens is 362 g/mol. The molecule has 2 aromatic rings. The van der Waals surface area contributed by atoms with Crippen molar-refractivity contribution in [1.29, 1.82) is 0 Å². The van der Waals surface area contributed by atoms with Crippen molar-refractivity contribution in [3.8, 4) is 11.1 Å². The first-order valence-electron chi connectivity index (χ1n) is 9.20. The first-order chi connectivity index (χ1) is 13.5. The van der Waals surface area contributed by atoms with Crippen molar-refractivity contribution in [1.82, 2.24) is 0 Å². The Morgan fingerprint density at radius 1 is 0.964 bits per heavy atom. The fraction of sp³-hybridized carbons (Fsp3) is 0.333. The second-order valence-electron chi connectivity index (χ2n) is 7.41. The lowest BCUT2D eigenvalue weighted by atomic mass is 9.82. The summed E-state index contributed by atoms with van der Waals surface area (Å²) in [4.78, 5) is 23.8. The molecule has 4 atom stereocenters. The van der Waals surface area contributed by atoms with Crippen molar-refractivity contribution in [2.24, 2.45) is 0 Å². The van der Waals surface area contributed by atoms with Gasteiger partial charge in [-0.3, -0.25) is 0 Å². The van der Waals surface area contributed by atoms with Crippen LogP contribution in [0.15, 0.2) is 48.5 Å². The number of esters is 1. The summed E-state index contributed by atoms with van der Waals surface area (Å²) in [5.74, 6) is -0.416. The fourth-order valence-electron chi connectivity index (χ4n) is 4.19. The van der Waals surface area contributed by atoms with E-state index in [-0.39, 0.29) is 13.0 Å². The highest BCUT2D eigenvalue weighted by molar-refractivity contribution is 5.83. The minimum Gasteiger partial charge on any atom is -0.456 e. The molecule has 3 aliphatic rings. The predicted octanol–water partition coefficient (Wildman–Crippen LogP) is 2.81. The number of fused-ring (bicyclic) bond motifs is 4. The SMILES string of the molecule is Nc1ccccc1-c1ccc(CO[C@@]23C[C@H]4OC(=O)O[C@H]4[C@@H](C2)OC3=O)cc1. The molecule has 0 amide bonds. The standard InChI is InChI=1S/C21H19NO6/c22-15-4-2-1-3-14(15)13-7-5-12(6-8-13)11-25-21-9-16(26-19(21)23)18-17(10-21)27-20(24)28-18/h1-8,16-18H,9-11,22H2/t16-,17-,18+,21-/m1/s1. The van der Waals surface area contributed by atoms with Crippen molar-refractivity contribution in [2.75, 3.05) is 5.73 Å². The van der Waals surface area contributed by atoms with Crippen LogP contribution in [0, 0.1) is 0 Å². The minimum atomic E-state index is -1.09. The summed E-state index contributed by atoms with van der Waals surface area (Å²) >= 11 is 0. The van der Waals surface area contributed by atoms with E-state index in [0.717, 1.165) is 22.4 Å². The Bertz CT molecular complexity index is 940. The number of nitrogens with two attached hydrogens (primary N) is 1. The van der Waals surface area contributed by atoms with Gasteiger partial charge in [0, 0.05) is 24.1 Å². The van der Waals surface area contributed by atoms with Gasteiger partial charge in [-0.1, -0.05) is 42.5 Å². The zero-order valence-electron chi connectivity index (χ0n) is 15.0. The lowest BCUT2D eigenvalue weighted by molar-refractivity contribution is -0.162. The molecule has 2 aliphatic heterocycles. The van der Waals surface area contributed by atoms with E-state index >= 15 is 0 Å². The van der Waals surface area contributed by atoms with Gasteiger partial charge in [0.1, 0.15) is 12.2 Å².